The van der Waals surface area contributed by atoms with Crippen LogP contribution in [0.1, 0.15) is 44.6 Å². The highest BCUT2D eigenvalue weighted by molar-refractivity contribution is 5.61. The number of morpholine rings is 1. The van der Waals surface area contributed by atoms with Crippen molar-refractivity contribution in [1.82, 2.24) is 20.1 Å². The number of aliphatic hydroxyl groups excluding tert-OH is 1. The van der Waals surface area contributed by atoms with E-state index in [9.17, 15) is 14.3 Å². The topological polar surface area (TPSA) is 107 Å². The molecule has 2 saturated heterocycles. The maximum atomic E-state index is 12.9. The number of aldehydes is 1. The molecule has 9 nitrogen and oxygen atoms in total. The molecule has 238 valence electrons. The zero-order valence-electron chi connectivity index (χ0n) is 27.0. The van der Waals surface area contributed by atoms with E-state index in [1.165, 1.54) is 20.0 Å². The Morgan fingerprint density at radius 2 is 1.93 bits per heavy atom. The molecule has 4 heterocycles. The number of anilines is 1. The van der Waals surface area contributed by atoms with E-state index in [4.69, 9.17) is 9.72 Å². The third kappa shape index (κ3) is 12.8. The second kappa shape index (κ2) is 19.7. The van der Waals surface area contributed by atoms with E-state index in [2.05, 4.69) is 73.3 Å². The van der Waals surface area contributed by atoms with E-state index in [0.717, 1.165) is 81.3 Å². The number of piperazine rings is 1. The van der Waals surface area contributed by atoms with Crippen LogP contribution in [0.4, 0.5) is 10.1 Å². The summed E-state index contributed by atoms with van der Waals surface area (Å²) >= 11 is 0. The molecule has 0 aromatic carbocycles. The predicted molar refractivity (Wildman–Crippen MR) is 172 cm³/mol. The molecule has 0 bridgehead atoms. The lowest BCUT2D eigenvalue weighted by atomic mass is 9.90. The third-order valence-corrected chi connectivity index (χ3v) is 7.21. The van der Waals surface area contributed by atoms with Gasteiger partial charge < -0.3 is 35.5 Å². The summed E-state index contributed by atoms with van der Waals surface area (Å²) in [4.78, 5) is 21.5. The van der Waals surface area contributed by atoms with E-state index in [1.807, 2.05) is 0 Å². The van der Waals surface area contributed by atoms with Gasteiger partial charge in [0, 0.05) is 57.8 Å². The van der Waals surface area contributed by atoms with Gasteiger partial charge in [-0.25, -0.2) is 4.39 Å². The molecule has 10 heteroatoms. The SMILES string of the molecule is C=C/C(=C\C=C(/C)F)Cc1cc2c(nc1CO)C(C)(C)CN2C.CC1CN(CC=O)CCN1.CN.CN1CCOCC1. The lowest BCUT2D eigenvalue weighted by molar-refractivity contribution is -0.109. The Bertz CT molecular complexity index is 1020. The molecule has 1 atom stereocenters. The molecule has 0 aliphatic carbocycles. The monoisotopic (exact) mass is 590 g/mol. The highest BCUT2D eigenvalue weighted by Crippen LogP contribution is 2.39. The first-order chi connectivity index (χ1) is 20.0. The standard InChI is InChI=1S/C19H25FN2O.C7H14N2O.C5H11NO.CH5N/c1-6-14(8-7-13(2)20)9-15-10-17-18(21-16(15)11-23)19(3,4)12-22(17)5;1-7-6-9(4-5-10)3-2-8-7;1-6-2-4-7-5-3-6;1-2/h6-8,10,23H,1,9,11-12H2,2-5H3;5,7-8H,2-4,6H2,1H3;2-5H2,1H3;2H2,1H3/b13-7+,14-8+;;;. The van der Waals surface area contributed by atoms with Crippen molar-refractivity contribution in [3.63, 3.8) is 0 Å². The minimum absolute atomic E-state index is 0.0300. The van der Waals surface area contributed by atoms with Crippen LogP contribution in [0.3, 0.4) is 0 Å². The van der Waals surface area contributed by atoms with Crippen molar-refractivity contribution >= 4 is 12.0 Å². The summed E-state index contributed by atoms with van der Waals surface area (Å²) in [5, 5.41) is 13.0. The molecule has 1 aromatic rings. The molecule has 0 amide bonds. The molecular formula is C32H55FN6O3. The first-order valence-electron chi connectivity index (χ1n) is 14.7. The van der Waals surface area contributed by atoms with Gasteiger partial charge in [-0.05, 0) is 57.6 Å². The number of aliphatic hydroxyl groups is 1. The molecule has 42 heavy (non-hydrogen) atoms. The van der Waals surface area contributed by atoms with E-state index in [1.54, 1.807) is 12.2 Å². The lowest BCUT2D eigenvalue weighted by Crippen LogP contribution is -2.49. The fraction of sp³-hybridized carbons (Fsp3) is 0.625. The van der Waals surface area contributed by atoms with E-state index < -0.39 is 0 Å². The van der Waals surface area contributed by atoms with Crippen LogP contribution in [0.25, 0.3) is 0 Å². The summed E-state index contributed by atoms with van der Waals surface area (Å²) in [6, 6.07) is 2.63. The van der Waals surface area contributed by atoms with Crippen molar-refractivity contribution in [3.8, 4) is 0 Å². The van der Waals surface area contributed by atoms with E-state index >= 15 is 0 Å². The number of likely N-dealkylation sites (N-methyl/N-ethyl adjacent to an activating group) is 2. The maximum absolute atomic E-state index is 12.9. The molecule has 4 rings (SSSR count). The number of hydrogen-bond donors (Lipinski definition) is 3. The molecule has 1 unspecified atom stereocenters. The third-order valence-electron chi connectivity index (χ3n) is 7.21. The van der Waals surface area contributed by atoms with E-state index in [0.29, 0.717) is 24.7 Å². The quantitative estimate of drug-likeness (QED) is 0.327. The molecule has 3 aliphatic rings. The van der Waals surface area contributed by atoms with Crippen LogP contribution in [-0.2, 0) is 28.0 Å². The summed E-state index contributed by atoms with van der Waals surface area (Å²) in [7, 11) is 5.67. The van der Waals surface area contributed by atoms with Crippen LogP contribution >= 0.6 is 0 Å². The fourth-order valence-electron chi connectivity index (χ4n) is 4.99. The van der Waals surface area contributed by atoms with Crippen LogP contribution in [-0.4, -0.2) is 112 Å². The number of allylic oxidation sites excluding steroid dienone is 5. The Morgan fingerprint density at radius 3 is 2.43 bits per heavy atom. The first-order valence-corrected chi connectivity index (χ1v) is 14.7. The average molecular weight is 591 g/mol. The van der Waals surface area contributed by atoms with Crippen LogP contribution in [0.5, 0.6) is 0 Å². The Morgan fingerprint density at radius 1 is 1.26 bits per heavy atom. The largest absolute Gasteiger partial charge is 0.390 e. The summed E-state index contributed by atoms with van der Waals surface area (Å²) in [6.07, 6.45) is 6.38. The summed E-state index contributed by atoms with van der Waals surface area (Å²) in [5.41, 5.74) is 9.11. The highest BCUT2D eigenvalue weighted by atomic mass is 19.1. The molecule has 0 saturated carbocycles. The number of carbonyl (C=O) groups excluding carboxylic acids is 1. The van der Waals surface area contributed by atoms with Gasteiger partial charge in [-0.3, -0.25) is 9.88 Å². The Kier molecular flexibility index (Phi) is 17.6. The second-order valence-corrected chi connectivity index (χ2v) is 11.4. The molecule has 1 aromatic heterocycles. The fourth-order valence-corrected chi connectivity index (χ4v) is 4.99. The number of pyridine rings is 1. The Hall–Kier alpha value is -2.47. The van der Waals surface area contributed by atoms with E-state index in [-0.39, 0.29) is 17.8 Å². The summed E-state index contributed by atoms with van der Waals surface area (Å²) in [6.45, 7) is 20.1. The number of rotatable bonds is 7. The van der Waals surface area contributed by atoms with Crippen LogP contribution < -0.4 is 16.0 Å². The van der Waals surface area contributed by atoms with Crippen LogP contribution in [0.2, 0.25) is 0 Å². The number of fused-ring (bicyclic) bond motifs is 1. The van der Waals surface area contributed by atoms with Crippen molar-refractivity contribution in [1.29, 1.82) is 0 Å². The number of nitrogens with two attached hydrogens (primary N) is 1. The van der Waals surface area contributed by atoms with Crippen LogP contribution in [0, 0.1) is 0 Å². The van der Waals surface area contributed by atoms with Gasteiger partial charge in [-0.15, -0.1) is 0 Å². The van der Waals surface area contributed by atoms with Gasteiger partial charge in [0.25, 0.3) is 0 Å². The molecule has 0 spiro atoms. The van der Waals surface area contributed by atoms with Gasteiger partial charge in [0.15, 0.2) is 0 Å². The zero-order valence-corrected chi connectivity index (χ0v) is 27.0. The molecule has 3 aliphatic heterocycles. The number of nitrogens with zero attached hydrogens (tertiary/aromatic N) is 4. The van der Waals surface area contributed by atoms with Gasteiger partial charge >= 0.3 is 0 Å². The number of nitrogens with one attached hydrogen (secondary N) is 1. The summed E-state index contributed by atoms with van der Waals surface area (Å²) < 4.78 is 18.0. The number of ether oxygens (including phenoxy) is 1. The molecular weight excluding hydrogens is 535 g/mol. The van der Waals surface area contributed by atoms with Crippen molar-refractivity contribution in [2.75, 3.05) is 85.1 Å². The number of carbonyl (C=O) groups is 1. The summed E-state index contributed by atoms with van der Waals surface area (Å²) in [5.74, 6) is -0.250. The molecule has 2 fully saturated rings. The zero-order chi connectivity index (χ0) is 31.7. The Labute approximate surface area is 253 Å². The minimum atomic E-state index is -0.250. The van der Waals surface area contributed by atoms with Crippen molar-refractivity contribution in [3.05, 3.63) is 59.2 Å². The minimum Gasteiger partial charge on any atom is -0.390 e. The van der Waals surface area contributed by atoms with Crippen molar-refractivity contribution in [2.24, 2.45) is 5.73 Å². The predicted octanol–water partition coefficient (Wildman–Crippen LogP) is 2.83. The molecule has 4 N–H and O–H groups in total. The first kappa shape index (κ1) is 37.6. The van der Waals surface area contributed by atoms with Crippen LogP contribution in [0.15, 0.2) is 42.3 Å². The number of hydrogen-bond acceptors (Lipinski definition) is 9. The molecule has 0 radical (unpaired) electrons. The smallest absolute Gasteiger partial charge is 0.133 e. The van der Waals surface area contributed by atoms with Gasteiger partial charge in [0.05, 0.1) is 49.3 Å². The van der Waals surface area contributed by atoms with Gasteiger partial charge in [0.2, 0.25) is 0 Å². The van der Waals surface area contributed by atoms with Crippen molar-refractivity contribution < 1.29 is 19.0 Å². The lowest BCUT2D eigenvalue weighted by Gasteiger charge is -2.30. The second-order valence-electron chi connectivity index (χ2n) is 11.4. The average Bonchev–Trinajstić information content (AvgIpc) is 3.19. The van der Waals surface area contributed by atoms with Gasteiger partial charge in [-0.1, -0.05) is 32.6 Å². The highest BCUT2D eigenvalue weighted by Gasteiger charge is 2.35. The Balaban J connectivity index is 0.000000378. The van der Waals surface area contributed by atoms with Gasteiger partial charge in [-0.2, -0.15) is 0 Å². The maximum Gasteiger partial charge on any atom is 0.133 e. The number of aromatic nitrogens is 1. The van der Waals surface area contributed by atoms with Gasteiger partial charge in [0.1, 0.15) is 6.29 Å². The van der Waals surface area contributed by atoms with Crippen molar-refractivity contribution in [2.45, 2.75) is 52.2 Å². The normalized spacial score (nSPS) is 20.6. The number of halogens is 1.